The van der Waals surface area contributed by atoms with Crippen LogP contribution in [-0.2, 0) is 10.0 Å². The van der Waals surface area contributed by atoms with Gasteiger partial charge in [-0.05, 0) is 114 Å². The Morgan fingerprint density at radius 1 is 0.667 bits per heavy atom. The third-order valence-corrected chi connectivity index (χ3v) is 14.1. The summed E-state index contributed by atoms with van der Waals surface area (Å²) in [6, 6.07) is 28.5. The van der Waals surface area contributed by atoms with Crippen molar-refractivity contribution in [2.24, 2.45) is 11.5 Å². The van der Waals surface area contributed by atoms with Crippen LogP contribution in [0.3, 0.4) is 0 Å². The molecule has 4 aromatic heterocycles. The summed E-state index contributed by atoms with van der Waals surface area (Å²) in [7, 11) is -2.18. The number of imidazole rings is 2. The third kappa shape index (κ3) is 10.8. The maximum Gasteiger partial charge on any atom is 0.264 e. The number of benzene rings is 3. The number of nitrogens with two attached hydrogens (primary N) is 2. The number of nitrogens with one attached hydrogen (secondary N) is 4. The molecule has 1 amide bonds. The van der Waals surface area contributed by atoms with Crippen LogP contribution in [0.1, 0.15) is 75.6 Å². The van der Waals surface area contributed by atoms with Crippen molar-refractivity contribution >= 4 is 67.3 Å². The molecule has 3 aromatic carbocycles. The van der Waals surface area contributed by atoms with Gasteiger partial charge in [-0.25, -0.2) is 27.4 Å². The Labute approximate surface area is 386 Å². The molecule has 0 bridgehead atoms. The molecule has 0 unspecified atom stereocenters. The minimum absolute atomic E-state index is 0.0344. The summed E-state index contributed by atoms with van der Waals surface area (Å²) in [6.07, 6.45) is 15.2. The lowest BCUT2D eigenvalue weighted by Crippen LogP contribution is -2.33. The van der Waals surface area contributed by atoms with Gasteiger partial charge in [-0.3, -0.25) is 9.10 Å². The van der Waals surface area contributed by atoms with Crippen LogP contribution in [0, 0.1) is 0 Å². The fraction of sp³-hybridized carbons (Fsp3) is 0.354. The number of amides is 1. The zero-order valence-electron chi connectivity index (χ0n) is 37.7. The van der Waals surface area contributed by atoms with Crippen LogP contribution in [0.15, 0.2) is 121 Å². The first-order chi connectivity index (χ1) is 32.0. The molecule has 2 aliphatic carbocycles. The van der Waals surface area contributed by atoms with E-state index in [-0.39, 0.29) is 16.8 Å². The first kappa shape index (κ1) is 45.8. The van der Waals surface area contributed by atoms with Gasteiger partial charge < -0.3 is 37.6 Å². The fourth-order valence-electron chi connectivity index (χ4n) is 8.51. The summed E-state index contributed by atoms with van der Waals surface area (Å²) < 4.78 is 31.3. The minimum atomic E-state index is -3.73. The van der Waals surface area contributed by atoms with Gasteiger partial charge in [0.1, 0.15) is 11.6 Å². The zero-order chi connectivity index (χ0) is 46.2. The van der Waals surface area contributed by atoms with Gasteiger partial charge in [0.05, 0.1) is 22.0 Å². The van der Waals surface area contributed by atoms with Crippen LogP contribution >= 0.6 is 0 Å². The second kappa shape index (κ2) is 20.6. The summed E-state index contributed by atoms with van der Waals surface area (Å²) in [5.41, 5.74) is 17.8. The normalized spacial score (nSPS) is 18.5. The monoisotopic (exact) mass is 912 g/mol. The van der Waals surface area contributed by atoms with Crippen LogP contribution in [0.5, 0.6) is 0 Å². The summed E-state index contributed by atoms with van der Waals surface area (Å²) in [5.74, 6) is 1.56. The van der Waals surface area contributed by atoms with Crippen molar-refractivity contribution in [1.82, 2.24) is 34.1 Å². The van der Waals surface area contributed by atoms with Crippen LogP contribution in [0.4, 0.5) is 40.1 Å². The molecule has 18 heteroatoms. The van der Waals surface area contributed by atoms with E-state index in [9.17, 15) is 13.2 Å². The molecule has 2 saturated carbocycles. The average Bonchev–Trinajstić information content (AvgIpc) is 4.02. The molecular formula is C48H60N14O3S. The number of anilines is 7. The molecule has 2 fully saturated rings. The smallest absolute Gasteiger partial charge is 0.264 e. The number of aromatic nitrogens is 6. The van der Waals surface area contributed by atoms with Crippen molar-refractivity contribution in [3.8, 4) is 0 Å². The van der Waals surface area contributed by atoms with Gasteiger partial charge in [0, 0.05) is 98.2 Å². The van der Waals surface area contributed by atoms with Gasteiger partial charge in [-0.1, -0.05) is 30.3 Å². The molecule has 2 aliphatic rings. The molecule has 0 atom stereocenters. The second-order valence-corrected chi connectivity index (χ2v) is 18.9. The van der Waals surface area contributed by atoms with Gasteiger partial charge >= 0.3 is 0 Å². The van der Waals surface area contributed by atoms with E-state index in [2.05, 4.69) is 41.4 Å². The number of nitrogens with zero attached hydrogens (tertiary/aromatic N) is 8. The second-order valence-electron chi connectivity index (χ2n) is 16.9. The lowest BCUT2D eigenvalue weighted by Gasteiger charge is -2.27. The number of hydrogen-bond donors (Lipinski definition) is 6. The number of rotatable bonds is 14. The van der Waals surface area contributed by atoms with E-state index in [1.165, 1.54) is 4.31 Å². The van der Waals surface area contributed by atoms with Crippen molar-refractivity contribution < 1.29 is 13.2 Å². The highest BCUT2D eigenvalue weighted by atomic mass is 32.2. The highest BCUT2D eigenvalue weighted by Crippen LogP contribution is 2.30. The SMILES string of the molecule is CCN(CC)C(=O)c1cccc(Nc2cc(NC3CCC(N)CC3)nn3ccnc23)c1.CN(c1ccccc1)S(=O)(=O)c1cccc(Nc2cc(NC3CCC(N)CC3)nn3ccnc23)c1. The Morgan fingerprint density at radius 3 is 1.68 bits per heavy atom. The Morgan fingerprint density at radius 2 is 1.17 bits per heavy atom. The molecule has 0 saturated heterocycles. The Hall–Kier alpha value is -6.76. The predicted molar refractivity (Wildman–Crippen MR) is 262 cm³/mol. The van der Waals surface area contributed by atoms with Crippen molar-refractivity contribution in [2.45, 2.75) is 94.3 Å². The van der Waals surface area contributed by atoms with E-state index >= 15 is 0 Å². The van der Waals surface area contributed by atoms with E-state index < -0.39 is 10.0 Å². The topological polar surface area (TPSA) is 218 Å². The van der Waals surface area contributed by atoms with Crippen LogP contribution in [-0.4, -0.2) is 92.7 Å². The van der Waals surface area contributed by atoms with Gasteiger partial charge in [-0.15, -0.1) is 10.2 Å². The minimum Gasteiger partial charge on any atom is -0.366 e. The van der Waals surface area contributed by atoms with E-state index in [4.69, 9.17) is 11.5 Å². The number of fused-ring (bicyclic) bond motifs is 2. The van der Waals surface area contributed by atoms with Crippen LogP contribution < -0.4 is 37.0 Å². The first-order valence-electron chi connectivity index (χ1n) is 22.8. The standard InChI is InChI=1S/C25H29N7O2S.C23H31N7O/c1-31(21-7-3-2-4-8-21)35(33,34)22-9-5-6-20(16-22)28-23-17-24(30-32-15-14-27-25(23)32)29-19-12-10-18(26)11-13-19;1-3-29(4-2)23(31)16-6-5-7-19(14-16)26-20-15-21(28-30-13-12-25-22(20)30)27-18-10-8-17(24)9-11-18/h2-9,14-19,28H,10-13,26H2,1H3,(H,29,30);5-7,12-15,17-18,26H,3-4,8-11,24H2,1-2H3,(H,27,28). The highest BCUT2D eigenvalue weighted by Gasteiger charge is 2.24. The van der Waals surface area contributed by atoms with E-state index in [0.29, 0.717) is 53.8 Å². The summed E-state index contributed by atoms with van der Waals surface area (Å²) in [4.78, 5) is 23.6. The highest BCUT2D eigenvalue weighted by molar-refractivity contribution is 7.92. The first-order valence-corrected chi connectivity index (χ1v) is 24.2. The Balaban J connectivity index is 0.000000181. The van der Waals surface area contributed by atoms with E-state index in [1.807, 2.05) is 85.6 Å². The van der Waals surface area contributed by atoms with Gasteiger partial charge in [0.15, 0.2) is 11.3 Å². The van der Waals surface area contributed by atoms with E-state index in [0.717, 1.165) is 85.7 Å². The summed E-state index contributed by atoms with van der Waals surface area (Å²) in [6.45, 7) is 5.36. The molecule has 0 radical (unpaired) electrons. The van der Waals surface area contributed by atoms with Gasteiger partial charge in [-0.2, -0.15) is 0 Å². The van der Waals surface area contributed by atoms with Crippen molar-refractivity contribution in [3.63, 3.8) is 0 Å². The maximum atomic E-state index is 13.3. The number of para-hydroxylation sites is 1. The lowest BCUT2D eigenvalue weighted by molar-refractivity contribution is 0.0773. The molecule has 17 nitrogen and oxygen atoms in total. The number of carbonyl (C=O) groups is 1. The number of sulfonamides is 1. The molecule has 0 spiro atoms. The summed E-state index contributed by atoms with van der Waals surface area (Å²) >= 11 is 0. The van der Waals surface area contributed by atoms with Crippen molar-refractivity contribution in [2.75, 3.05) is 45.7 Å². The van der Waals surface area contributed by atoms with E-state index in [1.54, 1.807) is 65.0 Å². The molecule has 7 aromatic rings. The van der Waals surface area contributed by atoms with Gasteiger partial charge in [0.2, 0.25) is 0 Å². The molecular weight excluding hydrogens is 853 g/mol. The van der Waals surface area contributed by atoms with Crippen molar-refractivity contribution in [1.29, 1.82) is 0 Å². The number of hydrogen-bond acceptors (Lipinski definition) is 13. The zero-order valence-corrected chi connectivity index (χ0v) is 38.5. The third-order valence-electron chi connectivity index (χ3n) is 12.3. The Kier molecular flexibility index (Phi) is 14.3. The molecule has 0 aliphatic heterocycles. The average molecular weight is 913 g/mol. The molecule has 9 rings (SSSR count). The molecule has 4 heterocycles. The van der Waals surface area contributed by atoms with Gasteiger partial charge in [0.25, 0.3) is 15.9 Å². The predicted octanol–water partition coefficient (Wildman–Crippen LogP) is 7.62. The fourth-order valence-corrected chi connectivity index (χ4v) is 9.75. The quantitative estimate of drug-likeness (QED) is 0.0620. The lowest BCUT2D eigenvalue weighted by atomic mass is 9.92. The number of carbonyl (C=O) groups excluding carboxylic acids is 1. The Bertz CT molecular complexity index is 2830. The van der Waals surface area contributed by atoms with Crippen LogP contribution in [0.25, 0.3) is 11.3 Å². The molecule has 66 heavy (non-hydrogen) atoms. The van der Waals surface area contributed by atoms with Crippen molar-refractivity contribution in [3.05, 3.63) is 121 Å². The largest absolute Gasteiger partial charge is 0.366 e. The molecule has 346 valence electrons. The van der Waals surface area contributed by atoms with Crippen LogP contribution in [0.2, 0.25) is 0 Å². The maximum absolute atomic E-state index is 13.3. The molecule has 8 N–H and O–H groups in total. The summed E-state index contributed by atoms with van der Waals surface area (Å²) in [5, 5.41) is 23.1.